The third-order valence-electron chi connectivity index (χ3n) is 4.79. The van der Waals surface area contributed by atoms with E-state index in [0.717, 1.165) is 26.1 Å². The fourth-order valence-electron chi connectivity index (χ4n) is 3.60. The van der Waals surface area contributed by atoms with Gasteiger partial charge in [0.05, 0.1) is 19.0 Å². The Kier molecular flexibility index (Phi) is 5.31. The second-order valence-electron chi connectivity index (χ2n) is 6.30. The maximum Gasteiger partial charge on any atom is 0.214 e. The summed E-state index contributed by atoms with van der Waals surface area (Å²) in [5, 5.41) is 0. The molecule has 0 saturated carbocycles. The first kappa shape index (κ1) is 16.8. The van der Waals surface area contributed by atoms with E-state index in [1.165, 1.54) is 5.56 Å². The highest BCUT2D eigenvalue weighted by Gasteiger charge is 2.39. The van der Waals surface area contributed by atoms with Crippen molar-refractivity contribution in [2.24, 2.45) is 5.92 Å². The molecule has 0 radical (unpaired) electrons. The van der Waals surface area contributed by atoms with Crippen LogP contribution in [0.1, 0.15) is 18.9 Å². The molecule has 0 aliphatic carbocycles. The fraction of sp³-hybridized carbons (Fsp3) is 0.688. The Balaban J connectivity index is 1.70. The molecule has 0 N–H and O–H groups in total. The number of pyridine rings is 1. The van der Waals surface area contributed by atoms with Crippen molar-refractivity contribution in [3.05, 3.63) is 30.1 Å². The van der Waals surface area contributed by atoms with E-state index in [1.807, 2.05) is 12.3 Å². The molecule has 6 nitrogen and oxygen atoms in total. The first-order chi connectivity index (χ1) is 11.1. The summed E-state index contributed by atoms with van der Waals surface area (Å²) in [6.45, 7) is 5.98. The van der Waals surface area contributed by atoms with Crippen molar-refractivity contribution in [3.63, 3.8) is 0 Å². The SMILES string of the molecule is CCS(=O)(=O)N1CCOC[C@H]2CN(Cc3cccnc3)CC[C@H]21. The molecule has 23 heavy (non-hydrogen) atoms. The van der Waals surface area contributed by atoms with Gasteiger partial charge < -0.3 is 4.74 Å². The highest BCUT2D eigenvalue weighted by atomic mass is 32.2. The second-order valence-corrected chi connectivity index (χ2v) is 8.51. The van der Waals surface area contributed by atoms with Crippen LogP contribution in [0.25, 0.3) is 0 Å². The Morgan fingerprint density at radius 1 is 1.39 bits per heavy atom. The molecule has 3 heterocycles. The lowest BCUT2D eigenvalue weighted by Gasteiger charge is -2.41. The normalized spacial score (nSPS) is 27.3. The van der Waals surface area contributed by atoms with Crippen LogP contribution in [0, 0.1) is 5.92 Å². The maximum atomic E-state index is 12.4. The molecule has 1 aromatic heterocycles. The van der Waals surface area contributed by atoms with Crippen molar-refractivity contribution in [1.29, 1.82) is 0 Å². The zero-order chi connectivity index (χ0) is 16.3. The topological polar surface area (TPSA) is 62.7 Å². The monoisotopic (exact) mass is 339 g/mol. The van der Waals surface area contributed by atoms with E-state index in [-0.39, 0.29) is 17.7 Å². The summed E-state index contributed by atoms with van der Waals surface area (Å²) in [6.07, 6.45) is 4.54. The average molecular weight is 339 g/mol. The molecule has 2 fully saturated rings. The number of likely N-dealkylation sites (tertiary alicyclic amines) is 1. The number of nitrogens with zero attached hydrogens (tertiary/aromatic N) is 3. The van der Waals surface area contributed by atoms with Gasteiger partial charge >= 0.3 is 0 Å². The summed E-state index contributed by atoms with van der Waals surface area (Å²) in [6, 6.07) is 4.11. The summed E-state index contributed by atoms with van der Waals surface area (Å²) in [7, 11) is -3.17. The van der Waals surface area contributed by atoms with Gasteiger partial charge in [-0.15, -0.1) is 0 Å². The number of hydrogen-bond acceptors (Lipinski definition) is 5. The van der Waals surface area contributed by atoms with Gasteiger partial charge in [-0.2, -0.15) is 4.31 Å². The van der Waals surface area contributed by atoms with Crippen molar-refractivity contribution in [3.8, 4) is 0 Å². The standard InChI is InChI=1S/C16H25N3O3S/c1-2-23(20,21)19-8-9-22-13-15-12-18(7-5-16(15)19)11-14-4-3-6-17-10-14/h3-4,6,10,15-16H,2,5,7-9,11-13H2,1H3/t15-,16-/m1/s1. The molecule has 0 spiro atoms. The molecule has 0 aromatic carbocycles. The van der Waals surface area contributed by atoms with Crippen molar-refractivity contribution in [2.45, 2.75) is 25.9 Å². The van der Waals surface area contributed by atoms with Crippen molar-refractivity contribution < 1.29 is 13.2 Å². The molecule has 2 atom stereocenters. The Hall–Kier alpha value is -1.02. The second kappa shape index (κ2) is 7.25. The number of piperidine rings is 1. The van der Waals surface area contributed by atoms with Gasteiger partial charge in [-0.1, -0.05) is 6.07 Å². The molecule has 0 unspecified atom stereocenters. The zero-order valence-corrected chi connectivity index (χ0v) is 14.4. The van der Waals surface area contributed by atoms with Gasteiger partial charge in [-0.05, 0) is 25.0 Å². The van der Waals surface area contributed by atoms with Gasteiger partial charge in [0, 0.05) is 50.5 Å². The van der Waals surface area contributed by atoms with E-state index in [1.54, 1.807) is 17.4 Å². The molecule has 7 heteroatoms. The maximum absolute atomic E-state index is 12.4. The van der Waals surface area contributed by atoms with E-state index in [9.17, 15) is 8.42 Å². The van der Waals surface area contributed by atoms with E-state index >= 15 is 0 Å². The van der Waals surface area contributed by atoms with Crippen LogP contribution >= 0.6 is 0 Å². The van der Waals surface area contributed by atoms with Gasteiger partial charge in [0.15, 0.2) is 0 Å². The Morgan fingerprint density at radius 3 is 3.00 bits per heavy atom. The highest BCUT2D eigenvalue weighted by molar-refractivity contribution is 7.89. The molecule has 0 amide bonds. The summed E-state index contributed by atoms with van der Waals surface area (Å²) in [5.74, 6) is 0.402. The van der Waals surface area contributed by atoms with Crippen LogP contribution in [0.15, 0.2) is 24.5 Å². The predicted octanol–water partition coefficient (Wildman–Crippen LogP) is 0.954. The van der Waals surface area contributed by atoms with Crippen molar-refractivity contribution in [1.82, 2.24) is 14.2 Å². The van der Waals surface area contributed by atoms with E-state index in [4.69, 9.17) is 4.74 Å². The van der Waals surface area contributed by atoms with Gasteiger partial charge in [-0.3, -0.25) is 9.88 Å². The lowest BCUT2D eigenvalue weighted by molar-refractivity contribution is 0.0612. The van der Waals surface area contributed by atoms with Gasteiger partial charge in [-0.25, -0.2) is 8.42 Å². The molecule has 1 aromatic rings. The quantitative estimate of drug-likeness (QED) is 0.817. The van der Waals surface area contributed by atoms with Gasteiger partial charge in [0.1, 0.15) is 0 Å². The van der Waals surface area contributed by atoms with Crippen molar-refractivity contribution in [2.75, 3.05) is 38.6 Å². The van der Waals surface area contributed by atoms with Crippen LogP contribution in [0.2, 0.25) is 0 Å². The smallest absolute Gasteiger partial charge is 0.214 e. The minimum atomic E-state index is -3.17. The Labute approximate surface area is 138 Å². The molecule has 2 aliphatic heterocycles. The molecular weight excluding hydrogens is 314 g/mol. The number of rotatable bonds is 4. The summed E-state index contributed by atoms with van der Waals surface area (Å²) >= 11 is 0. The van der Waals surface area contributed by atoms with E-state index < -0.39 is 10.0 Å². The van der Waals surface area contributed by atoms with Crippen LogP contribution in [0.3, 0.4) is 0 Å². The van der Waals surface area contributed by atoms with Crippen LogP contribution in [-0.4, -0.2) is 67.2 Å². The number of sulfonamides is 1. The summed E-state index contributed by atoms with van der Waals surface area (Å²) < 4.78 is 32.2. The molecule has 3 rings (SSSR count). The predicted molar refractivity (Wildman–Crippen MR) is 88.4 cm³/mol. The Morgan fingerprint density at radius 2 is 2.26 bits per heavy atom. The van der Waals surface area contributed by atoms with Crippen LogP contribution in [0.5, 0.6) is 0 Å². The minimum Gasteiger partial charge on any atom is -0.380 e. The number of aromatic nitrogens is 1. The Bertz CT molecular complexity index is 608. The molecule has 2 saturated heterocycles. The highest BCUT2D eigenvalue weighted by Crippen LogP contribution is 2.28. The number of hydrogen-bond donors (Lipinski definition) is 0. The van der Waals surface area contributed by atoms with Gasteiger partial charge in [0.25, 0.3) is 0 Å². The third-order valence-corrected chi connectivity index (χ3v) is 6.68. The molecule has 2 aliphatic rings. The summed E-state index contributed by atoms with van der Waals surface area (Å²) in [4.78, 5) is 6.54. The van der Waals surface area contributed by atoms with Crippen molar-refractivity contribution >= 4 is 10.0 Å². The van der Waals surface area contributed by atoms with Crippen LogP contribution in [0.4, 0.5) is 0 Å². The first-order valence-corrected chi connectivity index (χ1v) is 9.89. The fourth-order valence-corrected chi connectivity index (χ4v) is 4.97. The first-order valence-electron chi connectivity index (χ1n) is 8.28. The lowest BCUT2D eigenvalue weighted by Crippen LogP contribution is -2.53. The van der Waals surface area contributed by atoms with E-state index in [2.05, 4.69) is 16.0 Å². The van der Waals surface area contributed by atoms with Gasteiger partial charge in [0.2, 0.25) is 10.0 Å². The summed E-state index contributed by atoms with van der Waals surface area (Å²) in [5.41, 5.74) is 1.19. The molecular formula is C16H25N3O3S. The average Bonchev–Trinajstić information content (AvgIpc) is 2.78. The van der Waals surface area contributed by atoms with E-state index in [0.29, 0.717) is 19.8 Å². The third kappa shape index (κ3) is 3.91. The molecule has 0 bridgehead atoms. The van der Waals surface area contributed by atoms with Crippen LogP contribution < -0.4 is 0 Å². The zero-order valence-electron chi connectivity index (χ0n) is 13.6. The molecule has 128 valence electrons. The largest absolute Gasteiger partial charge is 0.380 e. The lowest BCUT2D eigenvalue weighted by atomic mass is 9.92. The van der Waals surface area contributed by atoms with Crippen LogP contribution in [-0.2, 0) is 21.3 Å². The number of ether oxygens (including phenoxy) is 1. The minimum absolute atomic E-state index is 0.0765. The number of fused-ring (bicyclic) bond motifs is 1.